The fourth-order valence-corrected chi connectivity index (χ4v) is 3.17. The lowest BCUT2D eigenvalue weighted by Crippen LogP contribution is -2.33. The molecule has 3 rings (SSSR count). The third-order valence-corrected chi connectivity index (χ3v) is 4.49. The zero-order chi connectivity index (χ0) is 20.8. The van der Waals surface area contributed by atoms with E-state index in [0.717, 1.165) is 23.1 Å². The number of halogens is 2. The average Bonchev–Trinajstić information content (AvgIpc) is 2.87. The molecule has 0 radical (unpaired) electrons. The van der Waals surface area contributed by atoms with Crippen LogP contribution in [-0.4, -0.2) is 21.9 Å². The number of hydrogen-bond donors (Lipinski definition) is 2. The molecule has 1 heterocycles. The van der Waals surface area contributed by atoms with Gasteiger partial charge in [-0.25, -0.2) is 8.78 Å². The normalized spacial score (nSPS) is 17.4. The van der Waals surface area contributed by atoms with E-state index >= 15 is 0 Å². The molecule has 1 unspecified atom stereocenters. The number of phenolic OH excluding ortho intramolecular Hbond substituents is 1. The Morgan fingerprint density at radius 2 is 1.75 bits per heavy atom. The van der Waals surface area contributed by atoms with Gasteiger partial charge in [0, 0.05) is 11.5 Å². The number of hydrogen-bond acceptors (Lipinski definition) is 4. The molecule has 0 saturated carbocycles. The van der Waals surface area contributed by atoms with E-state index in [9.17, 15) is 28.6 Å². The molecule has 0 aliphatic carbocycles. The van der Waals surface area contributed by atoms with E-state index in [2.05, 4.69) is 0 Å². The number of aromatic hydroxyl groups is 1. The lowest BCUT2D eigenvalue weighted by molar-refractivity contribution is -0.123. The van der Waals surface area contributed by atoms with Gasteiger partial charge in [0.2, 0.25) is 0 Å². The van der Waals surface area contributed by atoms with Gasteiger partial charge in [-0.2, -0.15) is 0 Å². The quantitative estimate of drug-likeness (QED) is 0.828. The summed E-state index contributed by atoms with van der Waals surface area (Å²) in [6.45, 7) is 4.85. The van der Waals surface area contributed by atoms with Crippen molar-refractivity contribution in [3.05, 3.63) is 71.0 Å². The highest BCUT2D eigenvalue weighted by Gasteiger charge is 2.47. The summed E-state index contributed by atoms with van der Waals surface area (Å²) in [7, 11) is 0. The molecule has 146 valence electrons. The first-order valence-corrected chi connectivity index (χ1v) is 8.58. The summed E-state index contributed by atoms with van der Waals surface area (Å²) in [5.41, 5.74) is -1.32. The maximum atomic E-state index is 14.5. The zero-order valence-corrected chi connectivity index (χ0v) is 15.5. The molecule has 1 amide bonds. The van der Waals surface area contributed by atoms with Crippen LogP contribution in [-0.2, 0) is 9.59 Å². The van der Waals surface area contributed by atoms with Crippen molar-refractivity contribution in [1.29, 1.82) is 0 Å². The van der Waals surface area contributed by atoms with Gasteiger partial charge in [0.05, 0.1) is 17.3 Å². The molecule has 2 N–H and O–H groups in total. The number of nitrogens with zero attached hydrogens (tertiary/aromatic N) is 1. The number of amides is 1. The first kappa shape index (κ1) is 19.5. The number of benzene rings is 2. The molecular weight excluding hydrogens is 368 g/mol. The fourth-order valence-electron chi connectivity index (χ4n) is 3.17. The van der Waals surface area contributed by atoms with Crippen molar-refractivity contribution in [2.24, 2.45) is 5.41 Å². The molecule has 1 atom stereocenters. The van der Waals surface area contributed by atoms with Crippen LogP contribution in [0.15, 0.2) is 53.8 Å². The number of ketones is 1. The zero-order valence-electron chi connectivity index (χ0n) is 15.5. The highest BCUT2D eigenvalue weighted by atomic mass is 19.1. The lowest BCUT2D eigenvalue weighted by Gasteiger charge is -2.29. The van der Waals surface area contributed by atoms with Gasteiger partial charge in [-0.1, -0.05) is 32.9 Å². The second kappa shape index (κ2) is 6.74. The molecule has 2 aromatic carbocycles. The van der Waals surface area contributed by atoms with E-state index < -0.39 is 46.2 Å². The number of carbonyl (C=O) groups is 2. The Morgan fingerprint density at radius 1 is 1.07 bits per heavy atom. The molecule has 7 heteroatoms. The molecule has 0 saturated heterocycles. The van der Waals surface area contributed by atoms with Gasteiger partial charge in [-0.3, -0.25) is 14.5 Å². The van der Waals surface area contributed by atoms with E-state index in [1.54, 1.807) is 20.8 Å². The Morgan fingerprint density at radius 3 is 2.36 bits per heavy atom. The van der Waals surface area contributed by atoms with Crippen LogP contribution in [0.3, 0.4) is 0 Å². The highest BCUT2D eigenvalue weighted by Crippen LogP contribution is 2.44. The van der Waals surface area contributed by atoms with Crippen molar-refractivity contribution in [3.8, 4) is 5.75 Å². The van der Waals surface area contributed by atoms with Crippen molar-refractivity contribution in [2.45, 2.75) is 26.8 Å². The van der Waals surface area contributed by atoms with Crippen LogP contribution in [0.1, 0.15) is 32.4 Å². The number of carbonyl (C=O) groups excluding carboxylic acids is 2. The molecule has 1 aliphatic rings. The minimum absolute atomic E-state index is 0.140. The van der Waals surface area contributed by atoms with Crippen LogP contribution < -0.4 is 4.90 Å². The van der Waals surface area contributed by atoms with E-state index in [1.165, 1.54) is 24.3 Å². The third-order valence-electron chi connectivity index (χ3n) is 4.49. The largest absolute Gasteiger partial charge is 0.508 e. The standard InChI is InChI=1S/C21H19F2NO4/c1-21(2,3)19(27)16-17(11-5-4-6-13(25)9-11)24(20(28)18(16)26)15-10-12(22)7-8-14(15)23/h4-10,17,25-26H,1-3H3. The molecule has 2 aromatic rings. The fraction of sp³-hybridized carbons (Fsp3) is 0.238. The molecule has 1 aliphatic heterocycles. The Hall–Kier alpha value is -3.22. The van der Waals surface area contributed by atoms with Crippen LogP contribution in [0.2, 0.25) is 0 Å². The van der Waals surface area contributed by atoms with Crippen molar-refractivity contribution in [1.82, 2.24) is 0 Å². The maximum absolute atomic E-state index is 14.5. The number of aliphatic hydroxyl groups is 1. The molecule has 28 heavy (non-hydrogen) atoms. The highest BCUT2D eigenvalue weighted by molar-refractivity contribution is 6.17. The van der Waals surface area contributed by atoms with Crippen molar-refractivity contribution in [2.75, 3.05) is 4.90 Å². The van der Waals surface area contributed by atoms with Gasteiger partial charge in [-0.15, -0.1) is 0 Å². The Labute approximate surface area is 160 Å². The summed E-state index contributed by atoms with van der Waals surface area (Å²) in [5, 5.41) is 20.3. The summed E-state index contributed by atoms with van der Waals surface area (Å²) in [6, 6.07) is 7.07. The summed E-state index contributed by atoms with van der Waals surface area (Å²) < 4.78 is 28.2. The summed E-state index contributed by atoms with van der Waals surface area (Å²) in [6.07, 6.45) is 0. The van der Waals surface area contributed by atoms with Gasteiger partial charge < -0.3 is 10.2 Å². The van der Waals surface area contributed by atoms with E-state index in [0.29, 0.717) is 0 Å². The predicted octanol–water partition coefficient (Wildman–Crippen LogP) is 4.19. The second-order valence-electron chi connectivity index (χ2n) is 7.61. The minimum Gasteiger partial charge on any atom is -0.508 e. The number of phenols is 1. The molecular formula is C21H19F2NO4. The Balaban J connectivity index is 2.27. The number of anilines is 1. The van der Waals surface area contributed by atoms with Gasteiger partial charge in [0.1, 0.15) is 17.4 Å². The topological polar surface area (TPSA) is 77.8 Å². The molecule has 5 nitrogen and oxygen atoms in total. The van der Waals surface area contributed by atoms with Crippen LogP contribution in [0.5, 0.6) is 5.75 Å². The van der Waals surface area contributed by atoms with Crippen LogP contribution >= 0.6 is 0 Å². The molecule has 0 spiro atoms. The van der Waals surface area contributed by atoms with E-state index in [4.69, 9.17) is 0 Å². The predicted molar refractivity (Wildman–Crippen MR) is 98.8 cm³/mol. The van der Waals surface area contributed by atoms with Gasteiger partial charge in [0.15, 0.2) is 11.5 Å². The summed E-state index contributed by atoms with van der Waals surface area (Å²) in [4.78, 5) is 26.6. The van der Waals surface area contributed by atoms with E-state index in [1.807, 2.05) is 0 Å². The van der Waals surface area contributed by atoms with Gasteiger partial charge in [0.25, 0.3) is 5.91 Å². The third kappa shape index (κ3) is 3.24. The average molecular weight is 387 g/mol. The van der Waals surface area contributed by atoms with Crippen molar-refractivity contribution in [3.63, 3.8) is 0 Å². The SMILES string of the molecule is CC(C)(C)C(=O)C1=C(O)C(=O)N(c2cc(F)ccc2F)C1c1cccc(O)c1. The smallest absolute Gasteiger partial charge is 0.294 e. The first-order chi connectivity index (χ1) is 13.0. The second-order valence-corrected chi connectivity index (χ2v) is 7.61. The Kier molecular flexibility index (Phi) is 4.71. The van der Waals surface area contributed by atoms with Gasteiger partial charge in [-0.05, 0) is 29.8 Å². The van der Waals surface area contributed by atoms with Crippen LogP contribution in [0, 0.1) is 17.0 Å². The van der Waals surface area contributed by atoms with Crippen LogP contribution in [0.4, 0.5) is 14.5 Å². The van der Waals surface area contributed by atoms with Crippen LogP contribution in [0.25, 0.3) is 0 Å². The number of aliphatic hydroxyl groups excluding tert-OH is 1. The monoisotopic (exact) mass is 387 g/mol. The van der Waals surface area contributed by atoms with Crippen molar-refractivity contribution < 1.29 is 28.6 Å². The summed E-state index contributed by atoms with van der Waals surface area (Å²) in [5.74, 6) is -4.18. The minimum atomic E-state index is -1.22. The summed E-state index contributed by atoms with van der Waals surface area (Å²) >= 11 is 0. The van der Waals surface area contributed by atoms with Gasteiger partial charge >= 0.3 is 0 Å². The molecule has 0 bridgehead atoms. The first-order valence-electron chi connectivity index (χ1n) is 8.58. The van der Waals surface area contributed by atoms with E-state index in [-0.39, 0.29) is 16.9 Å². The molecule has 0 fully saturated rings. The maximum Gasteiger partial charge on any atom is 0.294 e. The van der Waals surface area contributed by atoms with Crippen molar-refractivity contribution >= 4 is 17.4 Å². The Bertz CT molecular complexity index is 1010. The number of Topliss-reactive ketones (excluding diaryl/α,β-unsaturated/α-hetero) is 1. The lowest BCUT2D eigenvalue weighted by atomic mass is 9.82. The molecule has 0 aromatic heterocycles. The number of rotatable bonds is 3.